The molecule has 64 valence electrons. The maximum Gasteiger partial charge on any atom is 0.0186 e. The molecule has 0 aliphatic rings. The largest absolute Gasteiger partial charge is 0.312 e. The van der Waals surface area contributed by atoms with Crippen molar-refractivity contribution in [2.75, 3.05) is 0 Å². The highest BCUT2D eigenvalue weighted by atomic mass is 14.3. The predicted octanol–water partition coefficient (Wildman–Crippen LogP) is 3.14. The topological polar surface area (TPSA) is 23.9 Å². The lowest BCUT2D eigenvalue weighted by Crippen LogP contribution is -1.99. The molecule has 1 heteroatoms. The zero-order valence-corrected chi connectivity index (χ0v) is 7.67. The molecule has 0 heterocycles. The van der Waals surface area contributed by atoms with Crippen LogP contribution in [0.3, 0.4) is 0 Å². The molecule has 1 aromatic rings. The minimum atomic E-state index is 0.297. The first kappa shape index (κ1) is 8.98. The Morgan fingerprint density at radius 3 is 2.58 bits per heavy atom. The van der Waals surface area contributed by atoms with Crippen LogP contribution in [0.5, 0.6) is 0 Å². The molecule has 0 radical (unpaired) electrons. The molecule has 0 fully saturated rings. The van der Waals surface area contributed by atoms with Crippen LogP contribution in [0.1, 0.15) is 30.4 Å². The molecule has 0 amide bonds. The summed E-state index contributed by atoms with van der Waals surface area (Å²) in [6.07, 6.45) is 2.54. The quantitative estimate of drug-likeness (QED) is 0.658. The number of benzene rings is 1. The van der Waals surface area contributed by atoms with Gasteiger partial charge in [-0.15, -0.1) is 0 Å². The van der Waals surface area contributed by atoms with E-state index >= 15 is 0 Å². The summed E-state index contributed by atoms with van der Waals surface area (Å²) < 4.78 is 0. The van der Waals surface area contributed by atoms with Crippen LogP contribution in [0.2, 0.25) is 0 Å². The van der Waals surface area contributed by atoms with E-state index in [1.54, 1.807) is 0 Å². The van der Waals surface area contributed by atoms with E-state index in [0.717, 1.165) is 6.42 Å². The van der Waals surface area contributed by atoms with Crippen LogP contribution in [0.15, 0.2) is 24.3 Å². The molecule has 0 bridgehead atoms. The van der Waals surface area contributed by atoms with Crippen molar-refractivity contribution in [2.24, 2.45) is 0 Å². The van der Waals surface area contributed by atoms with E-state index in [9.17, 15) is 0 Å². The van der Waals surface area contributed by atoms with Gasteiger partial charge in [0.05, 0.1) is 0 Å². The molecule has 1 rings (SSSR count). The maximum atomic E-state index is 7.27. The van der Waals surface area contributed by atoms with E-state index in [2.05, 4.69) is 26.0 Å². The Labute approximate surface area is 73.9 Å². The molecule has 1 aromatic carbocycles. The molecular formula is C11H15N. The van der Waals surface area contributed by atoms with Crippen LogP contribution in [-0.2, 0) is 0 Å². The van der Waals surface area contributed by atoms with Crippen molar-refractivity contribution in [1.29, 1.82) is 5.41 Å². The second-order valence-corrected chi connectivity index (χ2v) is 3.04. The fourth-order valence-corrected chi connectivity index (χ4v) is 1.43. The molecule has 0 aliphatic heterocycles. The average Bonchev–Trinajstić information content (AvgIpc) is 2.10. The Hall–Kier alpha value is -1.11. The van der Waals surface area contributed by atoms with E-state index in [4.69, 9.17) is 5.41 Å². The Morgan fingerprint density at radius 2 is 2.08 bits per heavy atom. The standard InChI is InChI=1S/C11H15N/c1-3-10(8-12)11-7-5-4-6-9(11)2/h4-8,10,12H,3H2,1-2H3. The van der Waals surface area contributed by atoms with Gasteiger partial charge < -0.3 is 5.41 Å². The molecular weight excluding hydrogens is 146 g/mol. The van der Waals surface area contributed by atoms with Gasteiger partial charge in [0.1, 0.15) is 0 Å². The molecule has 12 heavy (non-hydrogen) atoms. The minimum Gasteiger partial charge on any atom is -0.312 e. The van der Waals surface area contributed by atoms with Gasteiger partial charge in [-0.3, -0.25) is 0 Å². The van der Waals surface area contributed by atoms with Gasteiger partial charge >= 0.3 is 0 Å². The highest BCUT2D eigenvalue weighted by Crippen LogP contribution is 2.20. The fourth-order valence-electron chi connectivity index (χ4n) is 1.43. The summed E-state index contributed by atoms with van der Waals surface area (Å²) in [5, 5.41) is 7.27. The van der Waals surface area contributed by atoms with Gasteiger partial charge in [-0.2, -0.15) is 0 Å². The molecule has 0 spiro atoms. The SMILES string of the molecule is CCC(C=N)c1ccccc1C. The summed E-state index contributed by atoms with van der Waals surface area (Å²) in [5.74, 6) is 0.297. The molecule has 0 saturated carbocycles. The first-order chi connectivity index (χ1) is 5.79. The summed E-state index contributed by atoms with van der Waals surface area (Å²) >= 11 is 0. The number of hydrogen-bond acceptors (Lipinski definition) is 1. The molecule has 1 nitrogen and oxygen atoms in total. The fraction of sp³-hybridized carbons (Fsp3) is 0.364. The first-order valence-electron chi connectivity index (χ1n) is 4.35. The van der Waals surface area contributed by atoms with E-state index in [1.165, 1.54) is 17.3 Å². The lowest BCUT2D eigenvalue weighted by molar-refractivity contribution is 0.847. The molecule has 1 unspecified atom stereocenters. The van der Waals surface area contributed by atoms with E-state index in [0.29, 0.717) is 5.92 Å². The number of hydrogen-bond donors (Lipinski definition) is 1. The monoisotopic (exact) mass is 161 g/mol. The van der Waals surface area contributed by atoms with Crippen LogP contribution in [0, 0.1) is 12.3 Å². The van der Waals surface area contributed by atoms with E-state index < -0.39 is 0 Å². The third-order valence-electron chi connectivity index (χ3n) is 2.23. The van der Waals surface area contributed by atoms with Crippen LogP contribution < -0.4 is 0 Å². The van der Waals surface area contributed by atoms with Gasteiger partial charge in [-0.25, -0.2) is 0 Å². The van der Waals surface area contributed by atoms with Crippen molar-refractivity contribution < 1.29 is 0 Å². The summed E-state index contributed by atoms with van der Waals surface area (Å²) in [4.78, 5) is 0. The van der Waals surface area contributed by atoms with Crippen molar-refractivity contribution in [1.82, 2.24) is 0 Å². The van der Waals surface area contributed by atoms with Crippen molar-refractivity contribution in [3.05, 3.63) is 35.4 Å². The highest BCUT2D eigenvalue weighted by molar-refractivity contribution is 5.65. The summed E-state index contributed by atoms with van der Waals surface area (Å²) in [6, 6.07) is 8.28. The molecule has 1 N–H and O–H groups in total. The van der Waals surface area contributed by atoms with Crippen LogP contribution >= 0.6 is 0 Å². The number of nitrogens with one attached hydrogen (secondary N) is 1. The van der Waals surface area contributed by atoms with Gasteiger partial charge in [-0.05, 0) is 24.5 Å². The first-order valence-corrected chi connectivity index (χ1v) is 4.35. The number of rotatable bonds is 3. The summed E-state index contributed by atoms with van der Waals surface area (Å²) in [6.45, 7) is 4.21. The predicted molar refractivity (Wildman–Crippen MR) is 53.0 cm³/mol. The summed E-state index contributed by atoms with van der Waals surface area (Å²) in [5.41, 5.74) is 2.57. The van der Waals surface area contributed by atoms with E-state index in [-0.39, 0.29) is 0 Å². The van der Waals surface area contributed by atoms with Crippen LogP contribution in [0.4, 0.5) is 0 Å². The van der Waals surface area contributed by atoms with Gasteiger partial charge in [-0.1, -0.05) is 31.2 Å². The summed E-state index contributed by atoms with van der Waals surface area (Å²) in [7, 11) is 0. The minimum absolute atomic E-state index is 0.297. The Kier molecular flexibility index (Phi) is 3.03. The Balaban J connectivity index is 3.00. The van der Waals surface area contributed by atoms with Crippen molar-refractivity contribution in [3.8, 4) is 0 Å². The number of aryl methyl sites for hydroxylation is 1. The lowest BCUT2D eigenvalue weighted by atomic mass is 9.94. The second-order valence-electron chi connectivity index (χ2n) is 3.04. The maximum absolute atomic E-state index is 7.27. The zero-order chi connectivity index (χ0) is 8.97. The smallest absolute Gasteiger partial charge is 0.0186 e. The second kappa shape index (κ2) is 4.05. The molecule has 1 atom stereocenters. The molecule has 0 saturated heterocycles. The lowest BCUT2D eigenvalue weighted by Gasteiger charge is -2.11. The van der Waals surface area contributed by atoms with Crippen molar-refractivity contribution in [2.45, 2.75) is 26.2 Å². The zero-order valence-electron chi connectivity index (χ0n) is 7.67. The van der Waals surface area contributed by atoms with Gasteiger partial charge in [0.2, 0.25) is 0 Å². The van der Waals surface area contributed by atoms with Crippen molar-refractivity contribution in [3.63, 3.8) is 0 Å². The van der Waals surface area contributed by atoms with Crippen LogP contribution in [0.25, 0.3) is 0 Å². The molecule has 0 aromatic heterocycles. The third kappa shape index (κ3) is 1.73. The van der Waals surface area contributed by atoms with Crippen LogP contribution in [-0.4, -0.2) is 6.21 Å². The van der Waals surface area contributed by atoms with Crippen molar-refractivity contribution >= 4 is 6.21 Å². The van der Waals surface area contributed by atoms with Gasteiger partial charge in [0, 0.05) is 12.1 Å². The Morgan fingerprint density at radius 1 is 1.42 bits per heavy atom. The third-order valence-corrected chi connectivity index (χ3v) is 2.23. The normalized spacial score (nSPS) is 12.5. The van der Waals surface area contributed by atoms with E-state index in [1.807, 2.05) is 12.1 Å². The van der Waals surface area contributed by atoms with Gasteiger partial charge in [0.25, 0.3) is 0 Å². The molecule has 0 aliphatic carbocycles. The highest BCUT2D eigenvalue weighted by Gasteiger charge is 2.06. The van der Waals surface area contributed by atoms with Gasteiger partial charge in [0.15, 0.2) is 0 Å². The Bertz CT molecular complexity index is 265. The average molecular weight is 161 g/mol.